The number of β-amino-alcohol motifs (C(OH)–C–C–N with tert-alkyl or cyclic N) is 1. The summed E-state index contributed by atoms with van der Waals surface area (Å²) in [5, 5.41) is 31.4. The molecule has 0 bridgehead atoms. The lowest BCUT2D eigenvalue weighted by molar-refractivity contribution is -0.0347. The monoisotopic (exact) mass is 372 g/mol. The highest BCUT2D eigenvalue weighted by molar-refractivity contribution is 5.37. The number of likely N-dealkylation sites (tertiary alicyclic amines) is 1. The van der Waals surface area contributed by atoms with Crippen molar-refractivity contribution in [1.82, 2.24) is 9.88 Å². The first-order chi connectivity index (χ1) is 12.9. The van der Waals surface area contributed by atoms with Crippen LogP contribution in [0, 0.1) is 0 Å². The first-order valence-electron chi connectivity index (χ1n) is 9.40. The molecule has 146 valence electrons. The van der Waals surface area contributed by atoms with Crippen molar-refractivity contribution in [1.29, 1.82) is 0 Å². The molecule has 27 heavy (non-hydrogen) atoms. The first kappa shape index (κ1) is 19.6. The first-order valence-corrected chi connectivity index (χ1v) is 9.40. The fraction of sp³-hybridized carbons (Fsp3) is 0.476. The summed E-state index contributed by atoms with van der Waals surface area (Å²) < 4.78 is 5.07. The molecular formula is C21H28N2O4. The number of aromatic hydroxyl groups is 1. The number of ether oxygens (including phenoxy) is 1. The van der Waals surface area contributed by atoms with E-state index in [1.54, 1.807) is 31.5 Å². The van der Waals surface area contributed by atoms with Crippen molar-refractivity contribution in [3.8, 4) is 11.6 Å². The zero-order valence-corrected chi connectivity index (χ0v) is 15.9. The van der Waals surface area contributed by atoms with Crippen molar-refractivity contribution in [3.05, 3.63) is 53.2 Å². The van der Waals surface area contributed by atoms with E-state index in [9.17, 15) is 15.3 Å². The second-order valence-corrected chi connectivity index (χ2v) is 7.18. The van der Waals surface area contributed by atoms with E-state index in [1.165, 1.54) is 0 Å². The number of aryl methyl sites for hydroxylation is 1. The fourth-order valence-corrected chi connectivity index (χ4v) is 3.62. The van der Waals surface area contributed by atoms with Gasteiger partial charge in [-0.3, -0.25) is 0 Å². The molecule has 1 atom stereocenters. The van der Waals surface area contributed by atoms with Crippen LogP contribution in [-0.2, 0) is 12.0 Å². The lowest BCUT2D eigenvalue weighted by Gasteiger charge is -2.39. The van der Waals surface area contributed by atoms with Crippen molar-refractivity contribution in [3.63, 3.8) is 0 Å². The summed E-state index contributed by atoms with van der Waals surface area (Å²) >= 11 is 0. The van der Waals surface area contributed by atoms with E-state index in [1.807, 2.05) is 19.1 Å². The molecular weight excluding hydrogens is 344 g/mol. The largest absolute Gasteiger partial charge is 0.508 e. The third kappa shape index (κ3) is 4.40. The van der Waals surface area contributed by atoms with E-state index in [2.05, 4.69) is 9.88 Å². The summed E-state index contributed by atoms with van der Waals surface area (Å²) in [7, 11) is 1.57. The summed E-state index contributed by atoms with van der Waals surface area (Å²) in [4.78, 5) is 6.35. The molecule has 6 nitrogen and oxygen atoms in total. The number of aromatic nitrogens is 1. The molecule has 1 aliphatic heterocycles. The zero-order valence-electron chi connectivity index (χ0n) is 15.9. The average Bonchev–Trinajstić information content (AvgIpc) is 2.70. The van der Waals surface area contributed by atoms with Crippen molar-refractivity contribution < 1.29 is 20.1 Å². The average molecular weight is 372 g/mol. The van der Waals surface area contributed by atoms with Gasteiger partial charge in [-0.25, -0.2) is 4.98 Å². The maximum absolute atomic E-state index is 11.0. The molecule has 1 aliphatic rings. The normalized spacial score (nSPS) is 18.2. The third-order valence-electron chi connectivity index (χ3n) is 5.47. The Morgan fingerprint density at radius 3 is 2.56 bits per heavy atom. The Morgan fingerprint density at radius 1 is 1.22 bits per heavy atom. The van der Waals surface area contributed by atoms with Gasteiger partial charge in [0, 0.05) is 37.5 Å². The van der Waals surface area contributed by atoms with Crippen LogP contribution in [0.15, 0.2) is 36.5 Å². The minimum Gasteiger partial charge on any atom is -0.508 e. The van der Waals surface area contributed by atoms with E-state index in [4.69, 9.17) is 4.74 Å². The van der Waals surface area contributed by atoms with Crippen LogP contribution < -0.4 is 4.74 Å². The fourth-order valence-electron chi connectivity index (χ4n) is 3.62. The number of aliphatic hydroxyl groups is 2. The Balaban J connectivity index is 1.60. The predicted octanol–water partition coefficient (Wildman–Crippen LogP) is 2.38. The van der Waals surface area contributed by atoms with Gasteiger partial charge >= 0.3 is 0 Å². The lowest BCUT2D eigenvalue weighted by Crippen LogP contribution is -2.44. The van der Waals surface area contributed by atoms with Crippen molar-refractivity contribution >= 4 is 0 Å². The van der Waals surface area contributed by atoms with Gasteiger partial charge in [-0.05, 0) is 48.6 Å². The SMILES string of the molecule is CCc1cc(C(O)CN2CCC(O)(c3ccc(OC)nc3)CC2)ccc1O. The Hall–Kier alpha value is -2.15. The second kappa shape index (κ2) is 8.25. The van der Waals surface area contributed by atoms with Crippen LogP contribution in [-0.4, -0.2) is 51.9 Å². The van der Waals surface area contributed by atoms with Crippen LogP contribution in [0.2, 0.25) is 0 Å². The lowest BCUT2D eigenvalue weighted by atomic mass is 9.85. The van der Waals surface area contributed by atoms with Crippen molar-refractivity contribution in [2.24, 2.45) is 0 Å². The second-order valence-electron chi connectivity index (χ2n) is 7.18. The number of hydrogen-bond acceptors (Lipinski definition) is 6. The quantitative estimate of drug-likeness (QED) is 0.722. The van der Waals surface area contributed by atoms with Gasteiger partial charge in [-0.1, -0.05) is 13.0 Å². The maximum atomic E-state index is 11.0. The number of methoxy groups -OCH3 is 1. The number of phenols is 1. The molecule has 1 unspecified atom stereocenters. The highest BCUT2D eigenvalue weighted by Gasteiger charge is 2.34. The number of rotatable bonds is 6. The molecule has 1 fully saturated rings. The van der Waals surface area contributed by atoms with Crippen molar-refractivity contribution in [2.45, 2.75) is 37.9 Å². The van der Waals surface area contributed by atoms with E-state index in [0.29, 0.717) is 38.4 Å². The summed E-state index contributed by atoms with van der Waals surface area (Å²) in [5.41, 5.74) is 1.56. The molecule has 0 aliphatic carbocycles. The Labute approximate surface area is 160 Å². The molecule has 3 rings (SSSR count). The molecule has 3 N–H and O–H groups in total. The molecule has 0 saturated carbocycles. The predicted molar refractivity (Wildman–Crippen MR) is 103 cm³/mol. The summed E-state index contributed by atoms with van der Waals surface area (Å²) in [6, 6.07) is 8.90. The number of pyridine rings is 1. The maximum Gasteiger partial charge on any atom is 0.212 e. The molecule has 2 aromatic rings. The molecule has 1 aromatic heterocycles. The van der Waals surface area contributed by atoms with Crippen LogP contribution in [0.3, 0.4) is 0 Å². The number of nitrogens with zero attached hydrogens (tertiary/aromatic N) is 2. The zero-order chi connectivity index (χ0) is 19.4. The molecule has 0 spiro atoms. The minimum atomic E-state index is -0.894. The molecule has 0 amide bonds. The van der Waals surface area contributed by atoms with Gasteiger partial charge in [0.15, 0.2) is 0 Å². The van der Waals surface area contributed by atoms with Gasteiger partial charge in [-0.15, -0.1) is 0 Å². The van der Waals surface area contributed by atoms with Crippen LogP contribution in [0.4, 0.5) is 0 Å². The van der Waals surface area contributed by atoms with E-state index < -0.39 is 11.7 Å². The Kier molecular flexibility index (Phi) is 5.99. The van der Waals surface area contributed by atoms with Gasteiger partial charge in [0.2, 0.25) is 5.88 Å². The third-order valence-corrected chi connectivity index (χ3v) is 5.47. The van der Waals surface area contributed by atoms with Gasteiger partial charge in [0.25, 0.3) is 0 Å². The van der Waals surface area contributed by atoms with Gasteiger partial charge in [0.1, 0.15) is 5.75 Å². The van der Waals surface area contributed by atoms with Gasteiger partial charge in [0.05, 0.1) is 18.8 Å². The molecule has 2 heterocycles. The van der Waals surface area contributed by atoms with E-state index in [-0.39, 0.29) is 5.75 Å². The summed E-state index contributed by atoms with van der Waals surface area (Å²) in [5.74, 6) is 0.799. The van der Waals surface area contributed by atoms with Crippen LogP contribution in [0.5, 0.6) is 11.6 Å². The molecule has 1 aromatic carbocycles. The van der Waals surface area contributed by atoms with Gasteiger partial charge in [-0.2, -0.15) is 0 Å². The van der Waals surface area contributed by atoms with E-state index >= 15 is 0 Å². The molecule has 6 heteroatoms. The minimum absolute atomic E-state index is 0.268. The number of aliphatic hydroxyl groups excluding tert-OH is 1. The number of phenolic OH excluding ortho intramolecular Hbond substituents is 1. The van der Waals surface area contributed by atoms with E-state index in [0.717, 1.165) is 23.1 Å². The molecule has 0 radical (unpaired) electrons. The summed E-state index contributed by atoms with van der Waals surface area (Å²) in [6.45, 7) is 3.87. The number of hydrogen-bond donors (Lipinski definition) is 3. The van der Waals surface area contributed by atoms with Crippen LogP contribution >= 0.6 is 0 Å². The summed E-state index contributed by atoms with van der Waals surface area (Å²) in [6.07, 6.45) is 2.95. The van der Waals surface area contributed by atoms with Crippen LogP contribution in [0.1, 0.15) is 42.6 Å². The molecule has 1 saturated heterocycles. The standard InChI is InChI=1S/C21H28N2O4/c1-3-15-12-16(4-6-18(15)24)19(25)14-23-10-8-21(26,9-11-23)17-5-7-20(27-2)22-13-17/h4-7,12-13,19,24-26H,3,8-11,14H2,1-2H3. The van der Waals surface area contributed by atoms with Crippen molar-refractivity contribution in [2.75, 3.05) is 26.7 Å². The number of piperidine rings is 1. The van der Waals surface area contributed by atoms with Crippen LogP contribution in [0.25, 0.3) is 0 Å². The van der Waals surface area contributed by atoms with Gasteiger partial charge < -0.3 is 25.0 Å². The topological polar surface area (TPSA) is 86.1 Å². The Bertz CT molecular complexity index is 755. The highest BCUT2D eigenvalue weighted by atomic mass is 16.5. The number of benzene rings is 1. The smallest absolute Gasteiger partial charge is 0.212 e. The Morgan fingerprint density at radius 2 is 1.96 bits per heavy atom. The highest BCUT2D eigenvalue weighted by Crippen LogP contribution is 2.33.